The first-order chi connectivity index (χ1) is 38.4. The lowest BCUT2D eigenvalue weighted by Crippen LogP contribution is -2.47. The second-order valence-corrected chi connectivity index (χ2v) is 26.5. The third kappa shape index (κ3) is 60.9. The molecule has 2 N–H and O–H groups in total. The maximum absolute atomic E-state index is 13.6. The number of likely N-dealkylation sites (N-methyl/N-ethyl adjacent to an activating group) is 1. The number of ether oxygens (including phenoxy) is 1. The van der Waals surface area contributed by atoms with Gasteiger partial charge >= 0.3 is 13.8 Å². The van der Waals surface area contributed by atoms with Crippen LogP contribution in [0.2, 0.25) is 0 Å². The number of phosphoric acid groups is 1. The highest BCUT2D eigenvalue weighted by Crippen LogP contribution is 2.43. The van der Waals surface area contributed by atoms with Gasteiger partial charge in [-0.15, -0.1) is 0 Å². The summed E-state index contributed by atoms with van der Waals surface area (Å²) >= 11 is 0. The number of carbonyl (C=O) groups is 2. The Morgan fingerprint density at radius 3 is 1.09 bits per heavy atom. The van der Waals surface area contributed by atoms with Gasteiger partial charge in [0.15, 0.2) is 0 Å². The summed E-state index contributed by atoms with van der Waals surface area (Å²) in [6, 6.07) is -0.845. The molecule has 0 spiro atoms. The van der Waals surface area contributed by atoms with E-state index in [9.17, 15) is 19.0 Å². The van der Waals surface area contributed by atoms with E-state index in [0.29, 0.717) is 23.9 Å². The van der Waals surface area contributed by atoms with Crippen molar-refractivity contribution in [1.29, 1.82) is 0 Å². The van der Waals surface area contributed by atoms with E-state index in [-0.39, 0.29) is 25.1 Å². The summed E-state index contributed by atoms with van der Waals surface area (Å²) < 4.78 is 30.8. The Kier molecular flexibility index (Phi) is 58.5. The van der Waals surface area contributed by atoms with Gasteiger partial charge in [-0.05, 0) is 57.4 Å². The van der Waals surface area contributed by atoms with Crippen molar-refractivity contribution in [2.24, 2.45) is 0 Å². The van der Waals surface area contributed by atoms with Crippen LogP contribution in [0.4, 0.5) is 0 Å². The molecule has 0 bridgehead atoms. The van der Waals surface area contributed by atoms with Crippen LogP contribution in [0.3, 0.4) is 0 Å². The van der Waals surface area contributed by atoms with Crippen molar-refractivity contribution in [2.75, 3.05) is 40.9 Å². The summed E-state index contributed by atoms with van der Waals surface area (Å²) in [5.41, 5.74) is 0. The minimum atomic E-state index is -4.45. The zero-order valence-electron chi connectivity index (χ0n) is 53.6. The van der Waals surface area contributed by atoms with Crippen LogP contribution >= 0.6 is 7.82 Å². The maximum Gasteiger partial charge on any atom is 0.472 e. The second kappa shape index (κ2) is 59.6. The molecule has 0 heterocycles. The first-order valence-corrected chi connectivity index (χ1v) is 36.2. The molecule has 0 saturated heterocycles. The fourth-order valence-electron chi connectivity index (χ4n) is 10.5. The molecule has 0 rings (SSSR count). The van der Waals surface area contributed by atoms with E-state index in [2.05, 4.69) is 38.2 Å². The maximum atomic E-state index is 13.6. The van der Waals surface area contributed by atoms with Crippen LogP contribution in [0.1, 0.15) is 355 Å². The van der Waals surface area contributed by atoms with Gasteiger partial charge in [0.1, 0.15) is 19.3 Å². The minimum absolute atomic E-state index is 0.0434. The van der Waals surface area contributed by atoms with Crippen LogP contribution in [0.15, 0.2) is 24.3 Å². The summed E-state index contributed by atoms with van der Waals surface area (Å²) in [5, 5.41) is 3.07. The lowest BCUT2D eigenvalue weighted by Gasteiger charge is -2.27. The number of esters is 1. The molecular formula is C69H136N2O7P+. The Morgan fingerprint density at radius 2 is 0.734 bits per heavy atom. The van der Waals surface area contributed by atoms with Gasteiger partial charge in [-0.1, -0.05) is 309 Å². The summed E-state index contributed by atoms with van der Waals surface area (Å²) in [4.78, 5) is 37.8. The fourth-order valence-corrected chi connectivity index (χ4v) is 11.3. The van der Waals surface area contributed by atoms with Crippen LogP contribution in [0.25, 0.3) is 0 Å². The van der Waals surface area contributed by atoms with Crippen molar-refractivity contribution in [3.63, 3.8) is 0 Å². The molecule has 0 aliphatic rings. The van der Waals surface area contributed by atoms with Crippen LogP contribution in [-0.4, -0.2) is 74.3 Å². The highest BCUT2D eigenvalue weighted by Gasteiger charge is 2.30. The quantitative estimate of drug-likeness (QED) is 0.0205. The Bertz CT molecular complexity index is 1400. The molecule has 3 atom stereocenters. The Balaban J connectivity index is 5.04. The molecule has 0 aromatic heterocycles. The number of carbonyl (C=O) groups excluding carboxylic acids is 2. The molecule has 10 heteroatoms. The SMILES string of the molecule is CCCCCC/C=C\CCCCCCCCCC(=O)OC(/C=C\CCCCCCCCCCCCC)C(COP(=O)(O)OCC[N+](C)(C)C)NC(=O)CCCCCCCCCCCCCCCCCCCCCCCCCCC. The first-order valence-electron chi connectivity index (χ1n) is 34.7. The van der Waals surface area contributed by atoms with Gasteiger partial charge in [0.25, 0.3) is 0 Å². The number of amides is 1. The smallest absolute Gasteiger partial charge is 0.456 e. The number of hydrogen-bond acceptors (Lipinski definition) is 6. The van der Waals surface area contributed by atoms with Gasteiger partial charge in [0, 0.05) is 12.8 Å². The van der Waals surface area contributed by atoms with Gasteiger partial charge in [-0.3, -0.25) is 18.6 Å². The molecule has 0 aliphatic heterocycles. The van der Waals surface area contributed by atoms with Crippen LogP contribution in [0, 0.1) is 0 Å². The van der Waals surface area contributed by atoms with Crippen molar-refractivity contribution in [3.8, 4) is 0 Å². The third-order valence-electron chi connectivity index (χ3n) is 15.9. The van der Waals surface area contributed by atoms with E-state index in [1.807, 2.05) is 33.3 Å². The minimum Gasteiger partial charge on any atom is -0.456 e. The number of phosphoric ester groups is 1. The van der Waals surface area contributed by atoms with Crippen molar-refractivity contribution in [2.45, 2.75) is 367 Å². The average molecular weight is 1140 g/mol. The molecule has 0 radical (unpaired) electrons. The zero-order chi connectivity index (χ0) is 57.9. The molecule has 1 amide bonds. The first kappa shape index (κ1) is 77.5. The number of allylic oxidation sites excluding steroid dienone is 3. The number of unbranched alkanes of at least 4 members (excludes halogenated alkanes) is 46. The van der Waals surface area contributed by atoms with Crippen LogP contribution in [0.5, 0.6) is 0 Å². The Labute approximate surface area is 492 Å². The van der Waals surface area contributed by atoms with E-state index in [4.69, 9.17) is 13.8 Å². The monoisotopic (exact) mass is 1140 g/mol. The van der Waals surface area contributed by atoms with Crippen molar-refractivity contribution >= 4 is 19.7 Å². The summed E-state index contributed by atoms with van der Waals surface area (Å²) in [7, 11) is 1.51. The number of hydrogen-bond donors (Lipinski definition) is 2. The van der Waals surface area contributed by atoms with Crippen molar-refractivity contribution < 1.29 is 37.3 Å². The van der Waals surface area contributed by atoms with E-state index < -0.39 is 20.0 Å². The Hall–Kier alpha value is -1.51. The summed E-state index contributed by atoms with van der Waals surface area (Å²) in [6.07, 6.45) is 71.9. The highest BCUT2D eigenvalue weighted by molar-refractivity contribution is 7.47. The van der Waals surface area contributed by atoms with Crippen LogP contribution < -0.4 is 5.32 Å². The second-order valence-electron chi connectivity index (χ2n) is 25.1. The van der Waals surface area contributed by atoms with Crippen molar-refractivity contribution in [3.05, 3.63) is 24.3 Å². The van der Waals surface area contributed by atoms with Crippen molar-refractivity contribution in [1.82, 2.24) is 5.32 Å². The normalized spacial score (nSPS) is 13.7. The van der Waals surface area contributed by atoms with E-state index in [0.717, 1.165) is 57.8 Å². The molecule has 0 aromatic rings. The molecule has 79 heavy (non-hydrogen) atoms. The number of nitrogens with one attached hydrogen (secondary N) is 1. The topological polar surface area (TPSA) is 111 Å². The van der Waals surface area contributed by atoms with Gasteiger partial charge in [-0.2, -0.15) is 0 Å². The largest absolute Gasteiger partial charge is 0.472 e. The summed E-state index contributed by atoms with van der Waals surface area (Å²) in [5.74, 6) is -0.490. The van der Waals surface area contributed by atoms with E-state index >= 15 is 0 Å². The summed E-state index contributed by atoms with van der Waals surface area (Å²) in [6.45, 7) is 7.06. The third-order valence-corrected chi connectivity index (χ3v) is 16.9. The average Bonchev–Trinajstić information content (AvgIpc) is 3.41. The molecule has 0 aromatic carbocycles. The molecule has 3 unspecified atom stereocenters. The molecule has 9 nitrogen and oxygen atoms in total. The molecule has 468 valence electrons. The molecular weight excluding hydrogens is 1000 g/mol. The predicted molar refractivity (Wildman–Crippen MR) is 342 cm³/mol. The van der Waals surface area contributed by atoms with E-state index in [1.165, 1.54) is 263 Å². The number of nitrogens with zero attached hydrogens (tertiary/aromatic N) is 1. The van der Waals surface area contributed by atoms with Crippen LogP contribution in [-0.2, 0) is 27.9 Å². The van der Waals surface area contributed by atoms with Gasteiger partial charge in [0.05, 0.1) is 33.8 Å². The molecule has 0 aliphatic carbocycles. The highest BCUT2D eigenvalue weighted by atomic mass is 31.2. The number of quaternary nitrogens is 1. The molecule has 0 fully saturated rings. The fraction of sp³-hybridized carbons (Fsp3) is 0.913. The zero-order valence-corrected chi connectivity index (χ0v) is 54.5. The standard InChI is InChI=1S/C69H135N2O7P/c1-7-10-13-16-19-22-25-28-30-31-32-33-34-35-36-37-38-39-41-43-46-49-52-55-58-61-68(72)70-66(65-77-79(74,75)76-64-63-71(4,5)6)67(60-57-54-51-48-45-42-27-24-21-18-15-12-9-3)78-69(73)62-59-56-53-50-47-44-40-29-26-23-20-17-14-11-8-2/h23,26,57,60,66-67H,7-22,24-25,27-56,58-59,61-65H2,1-6H3,(H-,70,72,74,75)/p+1/b26-23-,60-57-. The lowest BCUT2D eigenvalue weighted by molar-refractivity contribution is -0.870. The molecule has 0 saturated carbocycles. The van der Waals surface area contributed by atoms with Gasteiger partial charge < -0.3 is 19.4 Å². The van der Waals surface area contributed by atoms with Gasteiger partial charge in [0.2, 0.25) is 5.91 Å². The van der Waals surface area contributed by atoms with Gasteiger partial charge in [-0.25, -0.2) is 4.57 Å². The lowest BCUT2D eigenvalue weighted by atomic mass is 10.0. The van der Waals surface area contributed by atoms with E-state index in [1.54, 1.807) is 0 Å². The Morgan fingerprint density at radius 1 is 0.430 bits per heavy atom. The number of rotatable bonds is 64. The predicted octanol–water partition coefficient (Wildman–Crippen LogP) is 21.7.